The van der Waals surface area contributed by atoms with E-state index in [9.17, 15) is 0 Å². The van der Waals surface area contributed by atoms with Crippen molar-refractivity contribution >= 4 is 11.3 Å². The standard InChI is InChI=1S/C10H17NOS/c1-2-11-10(3-5-12)7-9-4-6-13-8-9/h4,6,8,10-12H,2-3,5,7H2,1H3/t10-/m1/s1. The SMILES string of the molecule is CCN[C@H](CCO)Cc1ccsc1. The smallest absolute Gasteiger partial charge is 0.0445 e. The lowest BCUT2D eigenvalue weighted by atomic mass is 10.1. The van der Waals surface area contributed by atoms with Crippen LogP contribution in [0.1, 0.15) is 18.9 Å². The maximum atomic E-state index is 8.85. The molecule has 74 valence electrons. The largest absolute Gasteiger partial charge is 0.396 e. The van der Waals surface area contributed by atoms with Crippen molar-refractivity contribution in [1.29, 1.82) is 0 Å². The molecule has 1 heterocycles. The maximum absolute atomic E-state index is 8.85. The zero-order chi connectivity index (χ0) is 9.52. The van der Waals surface area contributed by atoms with E-state index >= 15 is 0 Å². The normalized spacial score (nSPS) is 13.1. The van der Waals surface area contributed by atoms with Gasteiger partial charge in [-0.05, 0) is 41.8 Å². The number of nitrogens with one attached hydrogen (secondary N) is 1. The summed E-state index contributed by atoms with van der Waals surface area (Å²) >= 11 is 1.73. The quantitative estimate of drug-likeness (QED) is 0.730. The molecule has 0 aromatic carbocycles. The lowest BCUT2D eigenvalue weighted by molar-refractivity contribution is 0.265. The van der Waals surface area contributed by atoms with Crippen molar-refractivity contribution in [2.75, 3.05) is 13.2 Å². The van der Waals surface area contributed by atoms with E-state index in [0.717, 1.165) is 19.4 Å². The Morgan fingerprint density at radius 2 is 2.46 bits per heavy atom. The predicted molar refractivity (Wildman–Crippen MR) is 57.2 cm³/mol. The Morgan fingerprint density at radius 1 is 1.62 bits per heavy atom. The molecule has 1 rings (SSSR count). The number of hydrogen-bond donors (Lipinski definition) is 2. The van der Waals surface area contributed by atoms with Gasteiger partial charge in [0.05, 0.1) is 0 Å². The molecule has 1 aromatic rings. The molecule has 0 aliphatic rings. The summed E-state index contributed by atoms with van der Waals surface area (Å²) in [7, 11) is 0. The molecule has 0 saturated carbocycles. The van der Waals surface area contributed by atoms with Gasteiger partial charge < -0.3 is 10.4 Å². The van der Waals surface area contributed by atoms with Crippen molar-refractivity contribution < 1.29 is 5.11 Å². The van der Waals surface area contributed by atoms with Gasteiger partial charge in [-0.1, -0.05) is 6.92 Å². The minimum Gasteiger partial charge on any atom is -0.396 e. The molecule has 13 heavy (non-hydrogen) atoms. The number of aliphatic hydroxyl groups excluding tert-OH is 1. The van der Waals surface area contributed by atoms with Gasteiger partial charge >= 0.3 is 0 Å². The van der Waals surface area contributed by atoms with Gasteiger partial charge in [0.15, 0.2) is 0 Å². The minimum atomic E-state index is 0.266. The summed E-state index contributed by atoms with van der Waals surface area (Å²) in [6.07, 6.45) is 1.86. The highest BCUT2D eigenvalue weighted by molar-refractivity contribution is 7.07. The molecule has 2 N–H and O–H groups in total. The van der Waals surface area contributed by atoms with Crippen molar-refractivity contribution in [2.45, 2.75) is 25.8 Å². The van der Waals surface area contributed by atoms with Gasteiger partial charge in [0.2, 0.25) is 0 Å². The summed E-state index contributed by atoms with van der Waals surface area (Å²) in [5, 5.41) is 16.5. The zero-order valence-corrected chi connectivity index (χ0v) is 8.81. The number of rotatable bonds is 6. The van der Waals surface area contributed by atoms with Crippen LogP contribution in [0.15, 0.2) is 16.8 Å². The molecular weight excluding hydrogens is 182 g/mol. The third-order valence-electron chi connectivity index (χ3n) is 2.03. The third kappa shape index (κ3) is 3.89. The second-order valence-electron chi connectivity index (χ2n) is 3.10. The van der Waals surface area contributed by atoms with E-state index in [1.807, 2.05) is 0 Å². The van der Waals surface area contributed by atoms with Crippen molar-refractivity contribution in [1.82, 2.24) is 5.32 Å². The van der Waals surface area contributed by atoms with Crippen LogP contribution in [0, 0.1) is 0 Å². The van der Waals surface area contributed by atoms with Crippen molar-refractivity contribution in [3.05, 3.63) is 22.4 Å². The Kier molecular flexibility index (Phi) is 5.05. The molecule has 0 unspecified atom stereocenters. The third-order valence-corrected chi connectivity index (χ3v) is 2.76. The lowest BCUT2D eigenvalue weighted by Crippen LogP contribution is -2.31. The molecule has 1 atom stereocenters. The summed E-state index contributed by atoms with van der Waals surface area (Å²) in [5.41, 5.74) is 1.37. The Bertz CT molecular complexity index is 205. The van der Waals surface area contributed by atoms with Gasteiger partial charge in [0.25, 0.3) is 0 Å². The first-order valence-electron chi connectivity index (χ1n) is 4.72. The molecule has 0 bridgehead atoms. The van der Waals surface area contributed by atoms with Crippen LogP contribution < -0.4 is 5.32 Å². The minimum absolute atomic E-state index is 0.266. The summed E-state index contributed by atoms with van der Waals surface area (Å²) < 4.78 is 0. The van der Waals surface area contributed by atoms with E-state index in [-0.39, 0.29) is 6.61 Å². The molecule has 1 aromatic heterocycles. The van der Waals surface area contributed by atoms with Crippen LogP contribution in [0.5, 0.6) is 0 Å². The zero-order valence-electron chi connectivity index (χ0n) is 7.99. The first-order valence-corrected chi connectivity index (χ1v) is 5.66. The van der Waals surface area contributed by atoms with Crippen LogP contribution >= 0.6 is 11.3 Å². The van der Waals surface area contributed by atoms with Gasteiger partial charge in [-0.3, -0.25) is 0 Å². The van der Waals surface area contributed by atoms with Crippen LogP contribution in [0.25, 0.3) is 0 Å². The highest BCUT2D eigenvalue weighted by atomic mass is 32.1. The Morgan fingerprint density at radius 3 is 3.00 bits per heavy atom. The summed E-state index contributed by atoms with van der Waals surface area (Å²) in [5.74, 6) is 0. The predicted octanol–water partition coefficient (Wildman–Crippen LogP) is 1.65. The fourth-order valence-electron chi connectivity index (χ4n) is 1.41. The van der Waals surface area contributed by atoms with Crippen LogP contribution in [-0.2, 0) is 6.42 Å². The summed E-state index contributed by atoms with van der Waals surface area (Å²) in [4.78, 5) is 0. The first kappa shape index (κ1) is 10.7. The fraction of sp³-hybridized carbons (Fsp3) is 0.600. The van der Waals surface area contributed by atoms with Crippen molar-refractivity contribution in [3.8, 4) is 0 Å². The fourth-order valence-corrected chi connectivity index (χ4v) is 2.10. The number of aliphatic hydroxyl groups is 1. The monoisotopic (exact) mass is 199 g/mol. The van der Waals surface area contributed by atoms with Crippen LogP contribution in [-0.4, -0.2) is 24.3 Å². The molecule has 0 saturated heterocycles. The summed E-state index contributed by atoms with van der Waals surface area (Å²) in [6.45, 7) is 3.33. The average molecular weight is 199 g/mol. The van der Waals surface area contributed by atoms with Crippen LogP contribution in [0.4, 0.5) is 0 Å². The Balaban J connectivity index is 2.37. The van der Waals surface area contributed by atoms with Gasteiger partial charge in [0, 0.05) is 12.6 Å². The second-order valence-corrected chi connectivity index (χ2v) is 3.88. The average Bonchev–Trinajstić information content (AvgIpc) is 2.58. The Hall–Kier alpha value is -0.380. The van der Waals surface area contributed by atoms with E-state index in [0.29, 0.717) is 6.04 Å². The van der Waals surface area contributed by atoms with Gasteiger partial charge in [0.1, 0.15) is 0 Å². The van der Waals surface area contributed by atoms with E-state index in [1.165, 1.54) is 5.56 Å². The number of hydrogen-bond acceptors (Lipinski definition) is 3. The highest BCUT2D eigenvalue weighted by Gasteiger charge is 2.07. The number of likely N-dealkylation sites (N-methyl/N-ethyl adjacent to an activating group) is 1. The number of thiophene rings is 1. The van der Waals surface area contributed by atoms with Gasteiger partial charge in [-0.25, -0.2) is 0 Å². The van der Waals surface area contributed by atoms with Crippen molar-refractivity contribution in [3.63, 3.8) is 0 Å². The van der Waals surface area contributed by atoms with Crippen molar-refractivity contribution in [2.24, 2.45) is 0 Å². The van der Waals surface area contributed by atoms with E-state index < -0.39 is 0 Å². The molecule has 0 aliphatic carbocycles. The molecule has 2 nitrogen and oxygen atoms in total. The molecule has 0 fully saturated rings. The van der Waals surface area contributed by atoms with E-state index in [2.05, 4.69) is 29.1 Å². The second kappa shape index (κ2) is 6.13. The topological polar surface area (TPSA) is 32.3 Å². The molecular formula is C10H17NOS. The summed E-state index contributed by atoms with van der Waals surface area (Å²) in [6, 6.07) is 2.57. The van der Waals surface area contributed by atoms with Gasteiger partial charge in [-0.15, -0.1) is 0 Å². The lowest BCUT2D eigenvalue weighted by Gasteiger charge is -2.15. The highest BCUT2D eigenvalue weighted by Crippen LogP contribution is 2.09. The molecule has 3 heteroatoms. The van der Waals surface area contributed by atoms with Gasteiger partial charge in [-0.2, -0.15) is 11.3 Å². The molecule has 0 aliphatic heterocycles. The maximum Gasteiger partial charge on any atom is 0.0445 e. The molecule has 0 radical (unpaired) electrons. The molecule has 0 spiro atoms. The Labute approximate surface area is 83.6 Å². The van der Waals surface area contributed by atoms with Crippen LogP contribution in [0.3, 0.4) is 0 Å². The van der Waals surface area contributed by atoms with Crippen LogP contribution in [0.2, 0.25) is 0 Å². The first-order chi connectivity index (χ1) is 6.36. The van der Waals surface area contributed by atoms with E-state index in [4.69, 9.17) is 5.11 Å². The van der Waals surface area contributed by atoms with E-state index in [1.54, 1.807) is 11.3 Å². The molecule has 0 amide bonds.